The minimum Gasteiger partial charge on any atom is -0.496 e. The fourth-order valence-electron chi connectivity index (χ4n) is 1.93. The molecule has 3 heteroatoms. The van der Waals surface area contributed by atoms with Crippen LogP contribution in [0.2, 0.25) is 0 Å². The molecule has 1 aromatic carbocycles. The monoisotopic (exact) mass is 303 g/mol. The summed E-state index contributed by atoms with van der Waals surface area (Å²) in [7, 11) is 3.92. The van der Waals surface area contributed by atoms with Crippen molar-refractivity contribution >= 4 is 22.6 Å². The van der Waals surface area contributed by atoms with Crippen LogP contribution in [-0.4, -0.2) is 25.6 Å². The zero-order valence-electron chi connectivity index (χ0n) is 8.51. The molecule has 0 spiro atoms. The van der Waals surface area contributed by atoms with E-state index in [0.29, 0.717) is 0 Å². The molecule has 2 nitrogen and oxygen atoms in total. The van der Waals surface area contributed by atoms with Gasteiger partial charge in [-0.3, -0.25) is 0 Å². The summed E-state index contributed by atoms with van der Waals surface area (Å²) < 4.78 is 6.73. The molecular weight excluding hydrogens is 289 g/mol. The Morgan fingerprint density at radius 1 is 1.36 bits per heavy atom. The predicted octanol–water partition coefficient (Wildman–Crippen LogP) is 2.29. The molecule has 0 fully saturated rings. The number of hydrogen-bond acceptors (Lipinski definition) is 2. The van der Waals surface area contributed by atoms with Gasteiger partial charge in [0, 0.05) is 22.2 Å². The van der Waals surface area contributed by atoms with E-state index in [1.807, 2.05) is 0 Å². The van der Waals surface area contributed by atoms with Crippen molar-refractivity contribution in [3.8, 4) is 5.75 Å². The molecule has 0 amide bonds. The van der Waals surface area contributed by atoms with E-state index in [9.17, 15) is 0 Å². The highest BCUT2D eigenvalue weighted by Crippen LogP contribution is 2.30. The first-order valence-electron chi connectivity index (χ1n) is 4.75. The maximum absolute atomic E-state index is 5.38. The third-order valence-corrected chi connectivity index (χ3v) is 3.73. The molecule has 14 heavy (non-hydrogen) atoms. The van der Waals surface area contributed by atoms with Gasteiger partial charge in [-0.1, -0.05) is 0 Å². The molecule has 1 aliphatic heterocycles. The minimum absolute atomic E-state index is 1.05. The van der Waals surface area contributed by atoms with Crippen molar-refractivity contribution in [2.45, 2.75) is 13.0 Å². The van der Waals surface area contributed by atoms with Crippen LogP contribution in [0.4, 0.5) is 0 Å². The van der Waals surface area contributed by atoms with Crippen molar-refractivity contribution in [2.24, 2.45) is 0 Å². The summed E-state index contributed by atoms with van der Waals surface area (Å²) in [6.45, 7) is 2.17. The first-order chi connectivity index (χ1) is 6.72. The Balaban J connectivity index is 2.49. The van der Waals surface area contributed by atoms with E-state index >= 15 is 0 Å². The molecule has 2 rings (SSSR count). The summed E-state index contributed by atoms with van der Waals surface area (Å²) in [5.74, 6) is 1.05. The van der Waals surface area contributed by atoms with Crippen LogP contribution < -0.4 is 4.74 Å². The highest BCUT2D eigenvalue weighted by Gasteiger charge is 2.18. The highest BCUT2D eigenvalue weighted by atomic mass is 127. The van der Waals surface area contributed by atoms with E-state index in [2.05, 4.69) is 46.7 Å². The second-order valence-electron chi connectivity index (χ2n) is 3.69. The zero-order chi connectivity index (χ0) is 10.1. The first-order valence-corrected chi connectivity index (χ1v) is 5.83. The van der Waals surface area contributed by atoms with E-state index in [-0.39, 0.29) is 0 Å². The van der Waals surface area contributed by atoms with E-state index in [0.717, 1.165) is 25.3 Å². The molecule has 0 N–H and O–H groups in total. The van der Waals surface area contributed by atoms with E-state index < -0.39 is 0 Å². The van der Waals surface area contributed by atoms with Crippen LogP contribution in [0.15, 0.2) is 12.1 Å². The Kier molecular flexibility index (Phi) is 2.97. The molecule has 0 atom stereocenters. The minimum atomic E-state index is 1.05. The molecule has 0 aliphatic carbocycles. The summed E-state index contributed by atoms with van der Waals surface area (Å²) in [6, 6.07) is 4.21. The fourth-order valence-corrected chi connectivity index (χ4v) is 2.61. The Morgan fingerprint density at radius 3 is 2.86 bits per heavy atom. The standard InChI is InChI=1S/C11H14INO/c1-13-6-5-8-9(7-13)10(12)3-4-11(8)14-2/h3-4H,5-7H2,1-2H3. The van der Waals surface area contributed by atoms with Crippen LogP contribution in [0.1, 0.15) is 11.1 Å². The average Bonchev–Trinajstić information content (AvgIpc) is 2.19. The van der Waals surface area contributed by atoms with Gasteiger partial charge in [0.05, 0.1) is 7.11 Å². The van der Waals surface area contributed by atoms with Gasteiger partial charge in [0.15, 0.2) is 0 Å². The number of nitrogens with zero attached hydrogens (tertiary/aromatic N) is 1. The summed E-state index contributed by atoms with van der Waals surface area (Å²) in [6.07, 6.45) is 1.10. The number of benzene rings is 1. The van der Waals surface area contributed by atoms with Crippen LogP contribution >= 0.6 is 22.6 Å². The van der Waals surface area contributed by atoms with Crippen LogP contribution in [0, 0.1) is 3.57 Å². The van der Waals surface area contributed by atoms with Gasteiger partial charge in [-0.15, -0.1) is 0 Å². The summed E-state index contributed by atoms with van der Waals surface area (Å²) in [5, 5.41) is 0. The molecule has 0 aromatic heterocycles. The molecule has 1 heterocycles. The Bertz CT molecular complexity index is 351. The molecule has 0 unspecified atom stereocenters. The van der Waals surface area contributed by atoms with E-state index in [4.69, 9.17) is 4.74 Å². The SMILES string of the molecule is COc1ccc(I)c2c1CCN(C)C2. The van der Waals surface area contributed by atoms with E-state index in [1.54, 1.807) is 7.11 Å². The number of ether oxygens (including phenoxy) is 1. The largest absolute Gasteiger partial charge is 0.496 e. The molecule has 1 aromatic rings. The number of methoxy groups -OCH3 is 1. The van der Waals surface area contributed by atoms with E-state index in [1.165, 1.54) is 14.7 Å². The van der Waals surface area contributed by atoms with Crippen molar-refractivity contribution in [2.75, 3.05) is 20.7 Å². The quantitative estimate of drug-likeness (QED) is 0.738. The predicted molar refractivity (Wildman–Crippen MR) is 65.7 cm³/mol. The molecule has 0 saturated heterocycles. The number of likely N-dealkylation sites (N-methyl/N-ethyl adjacent to an activating group) is 1. The second kappa shape index (κ2) is 4.06. The molecule has 1 aliphatic rings. The Hall–Kier alpha value is -0.290. The van der Waals surface area contributed by atoms with Gasteiger partial charge in [-0.2, -0.15) is 0 Å². The third-order valence-electron chi connectivity index (χ3n) is 2.72. The molecule has 0 saturated carbocycles. The first kappa shape index (κ1) is 10.2. The van der Waals surface area contributed by atoms with Gasteiger partial charge in [0.25, 0.3) is 0 Å². The maximum Gasteiger partial charge on any atom is 0.122 e. The Labute approximate surface area is 98.4 Å². The lowest BCUT2D eigenvalue weighted by molar-refractivity contribution is 0.305. The van der Waals surface area contributed by atoms with Gasteiger partial charge < -0.3 is 9.64 Å². The maximum atomic E-state index is 5.38. The molecular formula is C11H14INO. The van der Waals surface area contributed by atoms with Gasteiger partial charge in [-0.25, -0.2) is 0 Å². The van der Waals surface area contributed by atoms with Crippen molar-refractivity contribution < 1.29 is 4.74 Å². The number of hydrogen-bond donors (Lipinski definition) is 0. The average molecular weight is 303 g/mol. The van der Waals surface area contributed by atoms with Crippen molar-refractivity contribution in [1.82, 2.24) is 4.90 Å². The number of rotatable bonds is 1. The van der Waals surface area contributed by atoms with Gasteiger partial charge in [-0.05, 0) is 53.8 Å². The van der Waals surface area contributed by atoms with Crippen LogP contribution in [0.25, 0.3) is 0 Å². The Morgan fingerprint density at radius 2 is 2.14 bits per heavy atom. The lowest BCUT2D eigenvalue weighted by Gasteiger charge is -2.27. The summed E-state index contributed by atoms with van der Waals surface area (Å²) in [5.41, 5.74) is 2.84. The summed E-state index contributed by atoms with van der Waals surface area (Å²) >= 11 is 2.40. The molecule has 0 radical (unpaired) electrons. The van der Waals surface area contributed by atoms with Crippen molar-refractivity contribution in [1.29, 1.82) is 0 Å². The fraction of sp³-hybridized carbons (Fsp3) is 0.455. The normalized spacial score (nSPS) is 16.5. The van der Waals surface area contributed by atoms with Crippen LogP contribution in [0.3, 0.4) is 0 Å². The van der Waals surface area contributed by atoms with Gasteiger partial charge in [0.2, 0.25) is 0 Å². The topological polar surface area (TPSA) is 12.5 Å². The van der Waals surface area contributed by atoms with Gasteiger partial charge in [0.1, 0.15) is 5.75 Å². The molecule has 0 bridgehead atoms. The lowest BCUT2D eigenvalue weighted by atomic mass is 9.99. The lowest BCUT2D eigenvalue weighted by Crippen LogP contribution is -2.27. The molecule has 76 valence electrons. The second-order valence-corrected chi connectivity index (χ2v) is 4.86. The zero-order valence-corrected chi connectivity index (χ0v) is 10.7. The number of halogens is 1. The van der Waals surface area contributed by atoms with Crippen LogP contribution in [-0.2, 0) is 13.0 Å². The highest BCUT2D eigenvalue weighted by molar-refractivity contribution is 14.1. The van der Waals surface area contributed by atoms with Crippen LogP contribution in [0.5, 0.6) is 5.75 Å². The summed E-state index contributed by atoms with van der Waals surface area (Å²) in [4.78, 5) is 2.35. The smallest absolute Gasteiger partial charge is 0.122 e. The van der Waals surface area contributed by atoms with Gasteiger partial charge >= 0.3 is 0 Å². The van der Waals surface area contributed by atoms with Crippen molar-refractivity contribution in [3.05, 3.63) is 26.8 Å². The van der Waals surface area contributed by atoms with Crippen molar-refractivity contribution in [3.63, 3.8) is 0 Å². The third kappa shape index (κ3) is 1.75. The number of fused-ring (bicyclic) bond motifs is 1.